The largest absolute Gasteiger partial charge is 0.0654 e. The molecular formula is C16H36. The van der Waals surface area contributed by atoms with E-state index in [1.807, 2.05) is 0 Å². The Morgan fingerprint density at radius 1 is 0.750 bits per heavy atom. The van der Waals surface area contributed by atoms with E-state index in [2.05, 4.69) is 55.4 Å². The molecule has 0 saturated heterocycles. The van der Waals surface area contributed by atoms with Crippen molar-refractivity contribution in [2.45, 2.75) is 87.5 Å². The van der Waals surface area contributed by atoms with Gasteiger partial charge in [-0.3, -0.25) is 0 Å². The molecule has 0 rings (SSSR count). The van der Waals surface area contributed by atoms with Gasteiger partial charge in [-0.15, -0.1) is 0 Å². The Hall–Kier alpha value is 0. The summed E-state index contributed by atoms with van der Waals surface area (Å²) in [4.78, 5) is 0. The summed E-state index contributed by atoms with van der Waals surface area (Å²) in [6.45, 7) is 18.2. The molecule has 0 heterocycles. The van der Waals surface area contributed by atoms with E-state index in [1.54, 1.807) is 0 Å². The van der Waals surface area contributed by atoms with E-state index in [9.17, 15) is 0 Å². The summed E-state index contributed by atoms with van der Waals surface area (Å²) in [5, 5.41) is 0. The van der Waals surface area contributed by atoms with Crippen LogP contribution >= 0.6 is 0 Å². The highest BCUT2D eigenvalue weighted by Crippen LogP contribution is 2.40. The number of hydrogen-bond acceptors (Lipinski definition) is 0. The molecular weight excluding hydrogens is 192 g/mol. The Labute approximate surface area is 105 Å². The Morgan fingerprint density at radius 3 is 1.19 bits per heavy atom. The van der Waals surface area contributed by atoms with Gasteiger partial charge in [0, 0.05) is 0 Å². The van der Waals surface area contributed by atoms with Crippen LogP contribution in [0.2, 0.25) is 0 Å². The van der Waals surface area contributed by atoms with Crippen molar-refractivity contribution in [3.05, 3.63) is 0 Å². The molecule has 0 bridgehead atoms. The van der Waals surface area contributed by atoms with Crippen LogP contribution in [0.4, 0.5) is 0 Å². The molecule has 0 fully saturated rings. The lowest BCUT2D eigenvalue weighted by Crippen LogP contribution is -2.26. The first-order valence-corrected chi connectivity index (χ1v) is 7.36. The summed E-state index contributed by atoms with van der Waals surface area (Å²) in [6, 6.07) is 0. The maximum absolute atomic E-state index is 2.38. The fraction of sp³-hybridized carbons (Fsp3) is 1.00. The summed E-state index contributed by atoms with van der Waals surface area (Å²) in [5.74, 6) is 1.68. The van der Waals surface area contributed by atoms with E-state index >= 15 is 0 Å². The van der Waals surface area contributed by atoms with E-state index in [0.717, 1.165) is 11.8 Å². The normalized spacial score (nSPS) is 11.6. The minimum absolute atomic E-state index is 0.642. The first-order valence-electron chi connectivity index (χ1n) is 7.36. The summed E-state index contributed by atoms with van der Waals surface area (Å²) in [5.41, 5.74) is 0.642. The summed E-state index contributed by atoms with van der Waals surface area (Å²) in [6.07, 6.45) is 6.86. The second-order valence-electron chi connectivity index (χ2n) is 6.10. The van der Waals surface area contributed by atoms with Gasteiger partial charge in [-0.1, -0.05) is 74.7 Å². The third-order valence-corrected chi connectivity index (χ3v) is 3.42. The lowest BCUT2D eigenvalue weighted by Gasteiger charge is -2.36. The quantitative estimate of drug-likeness (QED) is 0.500. The average Bonchev–Trinajstić information content (AvgIpc) is 2.16. The SMILES string of the molecule is CC(C)C.CCCC(CC)(CCC)C(C)C. The Balaban J connectivity index is 0. The third-order valence-electron chi connectivity index (χ3n) is 3.42. The molecule has 0 aliphatic heterocycles. The van der Waals surface area contributed by atoms with Crippen LogP contribution < -0.4 is 0 Å². The van der Waals surface area contributed by atoms with Crippen molar-refractivity contribution in [3.63, 3.8) is 0 Å². The molecule has 0 aromatic rings. The number of hydrogen-bond donors (Lipinski definition) is 0. The molecule has 0 nitrogen and oxygen atoms in total. The van der Waals surface area contributed by atoms with Crippen molar-refractivity contribution in [2.75, 3.05) is 0 Å². The van der Waals surface area contributed by atoms with E-state index < -0.39 is 0 Å². The molecule has 0 N–H and O–H groups in total. The van der Waals surface area contributed by atoms with Crippen LogP contribution in [0.3, 0.4) is 0 Å². The first kappa shape index (κ1) is 18.4. The zero-order chi connectivity index (χ0) is 13.2. The van der Waals surface area contributed by atoms with Crippen molar-refractivity contribution in [3.8, 4) is 0 Å². The smallest absolute Gasteiger partial charge is 0.0277 e. The second kappa shape index (κ2) is 10.2. The van der Waals surface area contributed by atoms with Gasteiger partial charge < -0.3 is 0 Å². The maximum atomic E-state index is 2.38. The average molecular weight is 228 g/mol. The molecule has 0 aromatic carbocycles. The van der Waals surface area contributed by atoms with E-state index in [0.29, 0.717) is 5.41 Å². The molecule has 0 atom stereocenters. The molecule has 0 saturated carbocycles. The molecule has 0 amide bonds. The van der Waals surface area contributed by atoms with Gasteiger partial charge in [0.15, 0.2) is 0 Å². The molecule has 0 aliphatic rings. The zero-order valence-electron chi connectivity index (χ0n) is 13.2. The standard InChI is InChI=1S/C12H26.C4H10/c1-6-9-12(8-3,10-7-2)11(4)5;1-4(2)3/h11H,6-10H2,1-5H3;4H,1-3H3. The van der Waals surface area contributed by atoms with Crippen molar-refractivity contribution in [1.82, 2.24) is 0 Å². The summed E-state index contributed by atoms with van der Waals surface area (Å²) < 4.78 is 0. The van der Waals surface area contributed by atoms with Crippen molar-refractivity contribution >= 4 is 0 Å². The predicted molar refractivity (Wildman–Crippen MR) is 77.9 cm³/mol. The summed E-state index contributed by atoms with van der Waals surface area (Å²) in [7, 11) is 0. The lowest BCUT2D eigenvalue weighted by atomic mass is 9.69. The van der Waals surface area contributed by atoms with Gasteiger partial charge in [-0.2, -0.15) is 0 Å². The fourth-order valence-electron chi connectivity index (χ4n) is 2.46. The van der Waals surface area contributed by atoms with Gasteiger partial charge in [-0.25, -0.2) is 0 Å². The highest BCUT2D eigenvalue weighted by Gasteiger charge is 2.29. The molecule has 0 aliphatic carbocycles. The molecule has 0 radical (unpaired) electrons. The van der Waals surface area contributed by atoms with E-state index in [1.165, 1.54) is 32.1 Å². The predicted octanol–water partition coefficient (Wildman–Crippen LogP) is 6.30. The van der Waals surface area contributed by atoms with Gasteiger partial charge in [0.2, 0.25) is 0 Å². The molecule has 0 unspecified atom stereocenters. The van der Waals surface area contributed by atoms with Gasteiger partial charge in [0.25, 0.3) is 0 Å². The Morgan fingerprint density at radius 2 is 1.06 bits per heavy atom. The van der Waals surface area contributed by atoms with Crippen molar-refractivity contribution in [2.24, 2.45) is 17.3 Å². The molecule has 0 aromatic heterocycles. The zero-order valence-corrected chi connectivity index (χ0v) is 13.2. The monoisotopic (exact) mass is 228 g/mol. The van der Waals surface area contributed by atoms with E-state index in [-0.39, 0.29) is 0 Å². The van der Waals surface area contributed by atoms with Crippen LogP contribution in [0.15, 0.2) is 0 Å². The summed E-state index contributed by atoms with van der Waals surface area (Å²) >= 11 is 0. The first-order chi connectivity index (χ1) is 7.36. The van der Waals surface area contributed by atoms with Crippen LogP contribution in [-0.2, 0) is 0 Å². The highest BCUT2D eigenvalue weighted by atomic mass is 14.3. The number of rotatable bonds is 6. The van der Waals surface area contributed by atoms with Gasteiger partial charge in [0.05, 0.1) is 0 Å². The second-order valence-corrected chi connectivity index (χ2v) is 6.10. The minimum Gasteiger partial charge on any atom is -0.0654 e. The van der Waals surface area contributed by atoms with Crippen molar-refractivity contribution < 1.29 is 0 Å². The fourth-order valence-corrected chi connectivity index (χ4v) is 2.46. The van der Waals surface area contributed by atoms with Gasteiger partial charge in [-0.05, 0) is 30.1 Å². The maximum Gasteiger partial charge on any atom is -0.0277 e. The topological polar surface area (TPSA) is 0 Å². The molecule has 16 heavy (non-hydrogen) atoms. The molecule has 0 spiro atoms. The van der Waals surface area contributed by atoms with Crippen LogP contribution in [0, 0.1) is 17.3 Å². The molecule has 100 valence electrons. The highest BCUT2D eigenvalue weighted by molar-refractivity contribution is 4.80. The molecule has 0 heteroatoms. The van der Waals surface area contributed by atoms with Crippen molar-refractivity contribution in [1.29, 1.82) is 0 Å². The Bertz CT molecular complexity index is 124. The lowest BCUT2D eigenvalue weighted by molar-refractivity contribution is 0.143. The van der Waals surface area contributed by atoms with Gasteiger partial charge in [0.1, 0.15) is 0 Å². The third kappa shape index (κ3) is 8.19. The Kier molecular flexibility index (Phi) is 11.7. The minimum atomic E-state index is 0.642. The van der Waals surface area contributed by atoms with Gasteiger partial charge >= 0.3 is 0 Å². The van der Waals surface area contributed by atoms with Crippen LogP contribution in [-0.4, -0.2) is 0 Å². The van der Waals surface area contributed by atoms with E-state index in [4.69, 9.17) is 0 Å². The van der Waals surface area contributed by atoms with Crippen LogP contribution in [0.25, 0.3) is 0 Å². The van der Waals surface area contributed by atoms with Crippen LogP contribution in [0.5, 0.6) is 0 Å². The van der Waals surface area contributed by atoms with Crippen LogP contribution in [0.1, 0.15) is 87.5 Å².